The largest absolute Gasteiger partial charge is 0.460 e. The number of amides is 1. The van der Waals surface area contributed by atoms with Gasteiger partial charge in [0.15, 0.2) is 0 Å². The molecule has 0 unspecified atom stereocenters. The number of ether oxygens (including phenoxy) is 1. The van der Waals surface area contributed by atoms with Crippen LogP contribution in [0.2, 0.25) is 5.02 Å². The normalized spacial score (nSPS) is 17.1. The lowest BCUT2D eigenvalue weighted by Crippen LogP contribution is -2.38. The zero-order valence-corrected chi connectivity index (χ0v) is 17.4. The van der Waals surface area contributed by atoms with Gasteiger partial charge in [0.1, 0.15) is 5.82 Å². The number of halogens is 2. The van der Waals surface area contributed by atoms with Gasteiger partial charge in [-0.05, 0) is 50.1 Å². The summed E-state index contributed by atoms with van der Waals surface area (Å²) < 4.78 is 19.9. The zero-order chi connectivity index (χ0) is 21.1. The van der Waals surface area contributed by atoms with Crippen molar-refractivity contribution in [2.45, 2.75) is 45.8 Å². The van der Waals surface area contributed by atoms with Crippen LogP contribution in [-0.2, 0) is 20.9 Å². The summed E-state index contributed by atoms with van der Waals surface area (Å²) >= 11 is 6.06. The predicted molar refractivity (Wildman–Crippen MR) is 110 cm³/mol. The van der Waals surface area contributed by atoms with Crippen molar-refractivity contribution in [1.29, 1.82) is 0 Å². The molecule has 3 rings (SSSR count). The van der Waals surface area contributed by atoms with Crippen molar-refractivity contribution < 1.29 is 18.7 Å². The van der Waals surface area contributed by atoms with Gasteiger partial charge in [0.25, 0.3) is 0 Å². The number of nitrogens with zero attached hydrogens (tertiary/aromatic N) is 1. The third-order valence-corrected chi connectivity index (χ3v) is 5.13. The van der Waals surface area contributed by atoms with Gasteiger partial charge in [-0.1, -0.05) is 41.9 Å². The summed E-state index contributed by atoms with van der Waals surface area (Å²) in [6.45, 7) is 5.48. The molecule has 1 aliphatic heterocycles. The molecule has 0 radical (unpaired) electrons. The Hall–Kier alpha value is -2.66. The van der Waals surface area contributed by atoms with Crippen molar-refractivity contribution in [3.8, 4) is 0 Å². The fraction of sp³-hybridized carbons (Fsp3) is 0.304. The Balaban J connectivity index is 2.06. The van der Waals surface area contributed by atoms with Gasteiger partial charge in [-0.3, -0.25) is 4.79 Å². The topological polar surface area (TPSA) is 46.6 Å². The minimum Gasteiger partial charge on any atom is -0.460 e. The van der Waals surface area contributed by atoms with Crippen LogP contribution in [0.25, 0.3) is 0 Å². The molecule has 0 fully saturated rings. The summed E-state index contributed by atoms with van der Waals surface area (Å²) in [5.74, 6) is -1.85. The number of carbonyl (C=O) groups is 2. The number of hydrogen-bond acceptors (Lipinski definition) is 3. The molecule has 1 atom stereocenters. The molecule has 2 aromatic carbocycles. The SMILES string of the molecule is CC1=C(C(=O)OC(C)C)[C@@H](c2ccccc2F)CC(=O)N1Cc1cccc(Cl)c1. The second kappa shape index (κ2) is 8.78. The maximum absolute atomic E-state index is 14.5. The Morgan fingerprint density at radius 1 is 1.24 bits per heavy atom. The minimum absolute atomic E-state index is 0.0125. The maximum atomic E-state index is 14.5. The van der Waals surface area contributed by atoms with E-state index < -0.39 is 17.7 Å². The molecule has 1 amide bonds. The van der Waals surface area contributed by atoms with E-state index in [-0.39, 0.29) is 25.0 Å². The molecule has 0 saturated heterocycles. The molecule has 29 heavy (non-hydrogen) atoms. The van der Waals surface area contributed by atoms with Crippen LogP contribution < -0.4 is 0 Å². The number of rotatable bonds is 5. The molecule has 0 aromatic heterocycles. The fourth-order valence-corrected chi connectivity index (χ4v) is 3.80. The zero-order valence-electron chi connectivity index (χ0n) is 16.6. The number of allylic oxidation sites excluding steroid dienone is 1. The van der Waals surface area contributed by atoms with Crippen LogP contribution in [-0.4, -0.2) is 22.9 Å². The van der Waals surface area contributed by atoms with Gasteiger partial charge in [0.2, 0.25) is 5.91 Å². The predicted octanol–water partition coefficient (Wildman–Crippen LogP) is 5.22. The monoisotopic (exact) mass is 415 g/mol. The first kappa shape index (κ1) is 21.1. The van der Waals surface area contributed by atoms with Gasteiger partial charge in [-0.25, -0.2) is 9.18 Å². The Labute approximate surface area is 174 Å². The first-order valence-electron chi connectivity index (χ1n) is 9.49. The highest BCUT2D eigenvalue weighted by atomic mass is 35.5. The summed E-state index contributed by atoms with van der Waals surface area (Å²) in [7, 11) is 0. The van der Waals surface area contributed by atoms with E-state index in [0.717, 1.165) is 5.56 Å². The molecular formula is C23H23ClFNO3. The van der Waals surface area contributed by atoms with Crippen LogP contribution in [0.15, 0.2) is 59.8 Å². The average molecular weight is 416 g/mol. The lowest BCUT2D eigenvalue weighted by atomic mass is 9.83. The molecule has 2 aromatic rings. The fourth-order valence-electron chi connectivity index (χ4n) is 3.59. The van der Waals surface area contributed by atoms with Crippen LogP contribution in [0.5, 0.6) is 0 Å². The number of esters is 1. The quantitative estimate of drug-likeness (QED) is 0.629. The van der Waals surface area contributed by atoms with Crippen LogP contribution in [0.1, 0.15) is 44.2 Å². The number of hydrogen-bond donors (Lipinski definition) is 0. The second-order valence-electron chi connectivity index (χ2n) is 7.34. The summed E-state index contributed by atoms with van der Waals surface area (Å²) in [6.07, 6.45) is -0.343. The molecule has 1 heterocycles. The summed E-state index contributed by atoms with van der Waals surface area (Å²) in [5, 5.41) is 0.567. The van der Waals surface area contributed by atoms with Crippen LogP contribution in [0.3, 0.4) is 0 Å². The first-order chi connectivity index (χ1) is 13.8. The van der Waals surface area contributed by atoms with Crippen molar-refractivity contribution in [1.82, 2.24) is 4.90 Å². The van der Waals surface area contributed by atoms with Crippen molar-refractivity contribution in [2.24, 2.45) is 0 Å². The van der Waals surface area contributed by atoms with E-state index in [9.17, 15) is 14.0 Å². The van der Waals surface area contributed by atoms with Crippen molar-refractivity contribution in [2.75, 3.05) is 0 Å². The highest BCUT2D eigenvalue weighted by Gasteiger charge is 2.38. The average Bonchev–Trinajstić information content (AvgIpc) is 2.64. The lowest BCUT2D eigenvalue weighted by Gasteiger charge is -2.35. The standard InChI is InChI=1S/C23H23ClFNO3/c1-14(2)29-23(28)22-15(3)26(13-16-7-6-8-17(24)11-16)21(27)12-19(22)18-9-4-5-10-20(18)25/h4-11,14,19H,12-13H2,1-3H3/t19-/m1/s1. The highest BCUT2D eigenvalue weighted by molar-refractivity contribution is 6.30. The van der Waals surface area contributed by atoms with Gasteiger partial charge in [-0.2, -0.15) is 0 Å². The Morgan fingerprint density at radius 2 is 1.97 bits per heavy atom. The lowest BCUT2D eigenvalue weighted by molar-refractivity contribution is -0.143. The summed E-state index contributed by atoms with van der Waals surface area (Å²) in [5.41, 5.74) is 1.94. The molecule has 0 aliphatic carbocycles. The van der Waals surface area contributed by atoms with Crippen molar-refractivity contribution in [3.05, 3.63) is 81.8 Å². The molecule has 0 spiro atoms. The number of carbonyl (C=O) groups excluding carboxylic acids is 2. The molecule has 152 valence electrons. The smallest absolute Gasteiger partial charge is 0.336 e. The maximum Gasteiger partial charge on any atom is 0.336 e. The van der Waals surface area contributed by atoms with Gasteiger partial charge in [-0.15, -0.1) is 0 Å². The van der Waals surface area contributed by atoms with Crippen molar-refractivity contribution >= 4 is 23.5 Å². The summed E-state index contributed by atoms with van der Waals surface area (Å²) in [4.78, 5) is 27.4. The van der Waals surface area contributed by atoms with Gasteiger partial charge >= 0.3 is 5.97 Å². The van der Waals surface area contributed by atoms with E-state index >= 15 is 0 Å². The molecule has 1 aliphatic rings. The third-order valence-electron chi connectivity index (χ3n) is 4.90. The third kappa shape index (κ3) is 4.67. The molecule has 0 saturated carbocycles. The molecular weight excluding hydrogens is 393 g/mol. The highest BCUT2D eigenvalue weighted by Crippen LogP contribution is 2.38. The number of benzene rings is 2. The second-order valence-corrected chi connectivity index (χ2v) is 7.78. The molecule has 0 bridgehead atoms. The Bertz CT molecular complexity index is 970. The molecule has 6 heteroatoms. The van der Waals surface area contributed by atoms with E-state index in [1.807, 2.05) is 6.07 Å². The van der Waals surface area contributed by atoms with E-state index in [1.54, 1.807) is 62.1 Å². The van der Waals surface area contributed by atoms with Gasteiger partial charge < -0.3 is 9.64 Å². The van der Waals surface area contributed by atoms with Crippen molar-refractivity contribution in [3.63, 3.8) is 0 Å². The van der Waals surface area contributed by atoms with Gasteiger partial charge in [0, 0.05) is 23.1 Å². The van der Waals surface area contributed by atoms with E-state index in [2.05, 4.69) is 0 Å². The first-order valence-corrected chi connectivity index (χ1v) is 9.86. The molecule has 0 N–H and O–H groups in total. The Morgan fingerprint density at radius 3 is 2.62 bits per heavy atom. The van der Waals surface area contributed by atoms with Crippen LogP contribution in [0, 0.1) is 5.82 Å². The van der Waals surface area contributed by atoms with Crippen LogP contribution >= 0.6 is 11.6 Å². The summed E-state index contributed by atoms with van der Waals surface area (Å²) in [6, 6.07) is 13.4. The van der Waals surface area contributed by atoms with E-state index in [1.165, 1.54) is 6.07 Å². The van der Waals surface area contributed by atoms with Gasteiger partial charge in [0.05, 0.1) is 18.2 Å². The molecule has 4 nitrogen and oxygen atoms in total. The minimum atomic E-state index is -0.689. The Kier molecular flexibility index (Phi) is 6.38. The van der Waals surface area contributed by atoms with E-state index in [0.29, 0.717) is 21.9 Å². The van der Waals surface area contributed by atoms with Crippen LogP contribution in [0.4, 0.5) is 4.39 Å². The van der Waals surface area contributed by atoms with E-state index in [4.69, 9.17) is 16.3 Å².